The van der Waals surface area contributed by atoms with Crippen LogP contribution in [0.1, 0.15) is 92.9 Å². The normalized spacial score (nSPS) is 30.1. The van der Waals surface area contributed by atoms with Gasteiger partial charge in [0.2, 0.25) is 0 Å². The van der Waals surface area contributed by atoms with Gasteiger partial charge in [-0.15, -0.1) is 0 Å². The van der Waals surface area contributed by atoms with E-state index in [-0.39, 0.29) is 53.7 Å². The van der Waals surface area contributed by atoms with E-state index in [1.807, 2.05) is 18.2 Å². The summed E-state index contributed by atoms with van der Waals surface area (Å²) in [4.78, 5) is 81.4. The number of fused-ring (bicyclic) bond motifs is 2. The van der Waals surface area contributed by atoms with Crippen LogP contribution < -0.4 is 18.9 Å². The monoisotopic (exact) mass is 728 g/mol. The van der Waals surface area contributed by atoms with Crippen molar-refractivity contribution in [2.45, 2.75) is 139 Å². The second-order valence-corrected chi connectivity index (χ2v) is 15.6. The van der Waals surface area contributed by atoms with E-state index in [0.29, 0.717) is 51.6 Å². The summed E-state index contributed by atoms with van der Waals surface area (Å²) in [5.74, 6) is -1.87. The van der Waals surface area contributed by atoms with Gasteiger partial charge in [-0.25, -0.2) is 19.2 Å². The summed E-state index contributed by atoms with van der Waals surface area (Å²) in [5, 5.41) is 9.41. The first-order valence-electron chi connectivity index (χ1n) is 17.2. The van der Waals surface area contributed by atoms with Crippen LogP contribution in [0.4, 0.5) is 9.59 Å². The van der Waals surface area contributed by atoms with Crippen molar-refractivity contribution in [1.82, 2.24) is 19.6 Å². The molecule has 6 aliphatic rings. The van der Waals surface area contributed by atoms with Gasteiger partial charge < -0.3 is 40.1 Å². The van der Waals surface area contributed by atoms with Crippen LogP contribution in [-0.2, 0) is 33.4 Å². The fourth-order valence-electron chi connectivity index (χ4n) is 7.99. The molecule has 0 aromatic heterocycles. The molecule has 4 fully saturated rings. The Morgan fingerprint density at radius 3 is 1.48 bits per heavy atom. The topological polar surface area (TPSA) is 225 Å². The molecule has 0 aromatic carbocycles. The average molecular weight is 729 g/mol. The number of likely N-dealkylation sites (tertiary alicyclic amines) is 2. The molecular formula is C35H53LiN4O12. The van der Waals surface area contributed by atoms with Crippen molar-refractivity contribution in [3.63, 3.8) is 0 Å². The van der Waals surface area contributed by atoms with Gasteiger partial charge in [-0.3, -0.25) is 19.4 Å². The molecule has 52 heavy (non-hydrogen) atoms. The number of hydrogen-bond acceptors (Lipinski definition) is 10. The largest absolute Gasteiger partial charge is 1.00 e. The van der Waals surface area contributed by atoms with Gasteiger partial charge in [0.05, 0.1) is 19.2 Å². The number of nitrogens with zero attached hydrogens (tertiary/aromatic N) is 4. The van der Waals surface area contributed by atoms with E-state index < -0.39 is 58.5 Å². The van der Waals surface area contributed by atoms with Crippen LogP contribution in [0.15, 0.2) is 24.3 Å². The Hall–Kier alpha value is -3.58. The summed E-state index contributed by atoms with van der Waals surface area (Å²) < 4.78 is 15.8. The third-order valence-corrected chi connectivity index (χ3v) is 10.1. The van der Waals surface area contributed by atoms with Gasteiger partial charge in [0.15, 0.2) is 0 Å². The van der Waals surface area contributed by atoms with Crippen LogP contribution >= 0.6 is 0 Å². The Bertz CT molecular complexity index is 1460. The quantitative estimate of drug-likeness (QED) is 0.167. The van der Waals surface area contributed by atoms with Crippen LogP contribution in [0.5, 0.6) is 0 Å². The molecule has 0 unspecified atom stereocenters. The number of esters is 1. The van der Waals surface area contributed by atoms with E-state index in [4.69, 9.17) is 14.2 Å². The molecule has 0 saturated carbocycles. The fourth-order valence-corrected chi connectivity index (χ4v) is 7.99. The summed E-state index contributed by atoms with van der Waals surface area (Å²) in [6.07, 6.45) is 11.3. The zero-order valence-corrected chi connectivity index (χ0v) is 31.5. The molecule has 2 spiro atoms. The first-order chi connectivity index (χ1) is 22.8. The van der Waals surface area contributed by atoms with E-state index in [2.05, 4.69) is 0 Å². The van der Waals surface area contributed by atoms with Gasteiger partial charge in [-0.1, -0.05) is 24.3 Å². The Labute approximate surface area is 316 Å². The van der Waals surface area contributed by atoms with E-state index >= 15 is 0 Å². The third-order valence-electron chi connectivity index (χ3n) is 10.1. The Balaban J connectivity index is 0.000000341. The second-order valence-electron chi connectivity index (χ2n) is 15.6. The number of ether oxygens (including phenoxy) is 3. The molecule has 0 aromatic rings. The minimum absolute atomic E-state index is 0. The van der Waals surface area contributed by atoms with Crippen LogP contribution in [0, 0.1) is 0 Å². The maximum absolute atomic E-state index is 13.4. The molecule has 6 aliphatic heterocycles. The Kier molecular flexibility index (Phi) is 13.9. The molecular weight excluding hydrogens is 675 g/mol. The standard InChI is InChI=1S/C18H26N2O5.C17H24N2O5.Li.2H2O/c1-17(2,3)25-16(23)19-11-5-9-18(19)10-8-12-6-7-13(14(21)24-4)20(12)15(18)22;1-16(2,3)24-15(23)18-10-4-8-17(18)9-7-11-5-6-12(13(20)21)19(11)14(17)22;;;/h8,10,12-13H,5-7,9,11H2,1-4H3;7,9,11-12H,4-6,8,10H2,1-3H3,(H,20,21);;2*1H2/q;;+1;;/p-1/t12-,13-,18+;11-,12-,17+;;;/m00.../s1. The number of amides is 4. The summed E-state index contributed by atoms with van der Waals surface area (Å²) in [6, 6.07) is -1.69. The average Bonchev–Trinajstić information content (AvgIpc) is 3.80. The Morgan fingerprint density at radius 2 is 1.12 bits per heavy atom. The predicted octanol–water partition coefficient (Wildman–Crippen LogP) is -0.369. The molecule has 0 radical (unpaired) electrons. The first kappa shape index (κ1) is 44.6. The number of carbonyl (C=O) groups is 6. The SMILES string of the molecule is CC(C)(C)OC(=O)N1CCC[C@]12C=C[C@@H]1CC[C@@H](C(=O)O)N1C2=O.COC(=O)[C@@H]1CC[C@H]2C=C[C@]3(CCCN3C(=O)OC(C)(C)C)C(=O)N21.O.[Li+].[OH-]. The number of carbonyl (C=O) groups excluding carboxylic acids is 5. The van der Waals surface area contributed by atoms with Gasteiger partial charge in [0.25, 0.3) is 11.8 Å². The first-order valence-corrected chi connectivity index (χ1v) is 17.2. The van der Waals surface area contributed by atoms with Crippen LogP contribution in [-0.4, -0.2) is 138 Å². The number of rotatable bonds is 2. The van der Waals surface area contributed by atoms with E-state index in [9.17, 15) is 33.9 Å². The summed E-state index contributed by atoms with van der Waals surface area (Å²) in [6.45, 7) is 11.6. The zero-order valence-electron chi connectivity index (χ0n) is 31.5. The van der Waals surface area contributed by atoms with E-state index in [0.717, 1.165) is 12.8 Å². The molecule has 17 heteroatoms. The van der Waals surface area contributed by atoms with E-state index in [1.165, 1.54) is 21.8 Å². The maximum atomic E-state index is 13.4. The molecule has 4 amide bonds. The smallest absolute Gasteiger partial charge is 0.870 e. The number of hydrogen-bond donors (Lipinski definition) is 1. The molecule has 4 N–H and O–H groups in total. The minimum atomic E-state index is -1.10. The van der Waals surface area contributed by atoms with Crippen molar-refractivity contribution in [2.24, 2.45) is 0 Å². The van der Waals surface area contributed by atoms with Crippen molar-refractivity contribution in [2.75, 3.05) is 20.2 Å². The third kappa shape index (κ3) is 8.15. The second kappa shape index (κ2) is 16.2. The molecule has 0 bridgehead atoms. The Morgan fingerprint density at radius 1 is 0.731 bits per heavy atom. The van der Waals surface area contributed by atoms with E-state index in [1.54, 1.807) is 52.5 Å². The number of carboxylic acids is 1. The molecule has 4 saturated heterocycles. The maximum Gasteiger partial charge on any atom is 1.00 e. The van der Waals surface area contributed by atoms with Crippen molar-refractivity contribution in [1.29, 1.82) is 0 Å². The van der Waals surface area contributed by atoms with Crippen LogP contribution in [0.25, 0.3) is 0 Å². The number of carboxylic acid groups (broad SMARTS) is 1. The van der Waals surface area contributed by atoms with Crippen molar-refractivity contribution < 1.29 is 77.9 Å². The molecule has 6 heterocycles. The van der Waals surface area contributed by atoms with Crippen molar-refractivity contribution in [3.8, 4) is 0 Å². The van der Waals surface area contributed by atoms with Crippen molar-refractivity contribution >= 4 is 35.9 Å². The van der Waals surface area contributed by atoms with Crippen LogP contribution in [0.3, 0.4) is 0 Å². The number of methoxy groups -OCH3 is 1. The predicted molar refractivity (Wildman–Crippen MR) is 181 cm³/mol. The molecule has 0 aliphatic carbocycles. The minimum Gasteiger partial charge on any atom is -0.870 e. The molecule has 16 nitrogen and oxygen atoms in total. The van der Waals surface area contributed by atoms with Crippen LogP contribution in [0.2, 0.25) is 0 Å². The van der Waals surface area contributed by atoms with Gasteiger partial charge in [0, 0.05) is 13.1 Å². The summed E-state index contributed by atoms with van der Waals surface area (Å²) in [5.41, 5.74) is -3.43. The van der Waals surface area contributed by atoms with Gasteiger partial charge in [-0.2, -0.15) is 0 Å². The molecule has 6 rings (SSSR count). The van der Waals surface area contributed by atoms with Gasteiger partial charge in [0.1, 0.15) is 34.4 Å². The zero-order chi connectivity index (χ0) is 36.1. The van der Waals surface area contributed by atoms with Gasteiger partial charge >= 0.3 is 43.0 Å². The molecule has 286 valence electrons. The summed E-state index contributed by atoms with van der Waals surface area (Å²) >= 11 is 0. The number of aliphatic carboxylic acids is 1. The van der Waals surface area contributed by atoms with Gasteiger partial charge in [-0.05, 0) is 92.9 Å². The fraction of sp³-hybridized carbons (Fsp3) is 0.714. The summed E-state index contributed by atoms with van der Waals surface area (Å²) in [7, 11) is 1.33. The van der Waals surface area contributed by atoms with Crippen molar-refractivity contribution in [3.05, 3.63) is 24.3 Å². The molecule has 6 atom stereocenters.